The van der Waals surface area contributed by atoms with E-state index in [2.05, 4.69) is 31.0 Å². The fourth-order valence-corrected chi connectivity index (χ4v) is 4.30. The maximum atomic E-state index is 12.7. The molecule has 0 atom stereocenters. The quantitative estimate of drug-likeness (QED) is 0.606. The summed E-state index contributed by atoms with van der Waals surface area (Å²) in [6.45, 7) is 1.87. The Morgan fingerprint density at radius 3 is 2.73 bits per heavy atom. The normalized spacial score (nSPS) is 11.2. The number of rotatable bonds is 5. The van der Waals surface area contributed by atoms with Crippen LogP contribution in [-0.2, 0) is 10.0 Å². The lowest BCUT2D eigenvalue weighted by atomic mass is 10.2. The van der Waals surface area contributed by atoms with Gasteiger partial charge in [0.25, 0.3) is 15.9 Å². The molecule has 2 aromatic carbocycles. The van der Waals surface area contributed by atoms with Crippen molar-refractivity contribution in [3.63, 3.8) is 0 Å². The van der Waals surface area contributed by atoms with Crippen LogP contribution in [0.3, 0.4) is 0 Å². The van der Waals surface area contributed by atoms with Crippen LogP contribution in [0.1, 0.15) is 15.9 Å². The van der Waals surface area contributed by atoms with E-state index in [0.29, 0.717) is 15.3 Å². The number of carbonyl (C=O) groups excluding carboxylic acids is 1. The number of sulfonamides is 1. The van der Waals surface area contributed by atoms with Gasteiger partial charge in [0.2, 0.25) is 0 Å². The molecule has 0 aliphatic rings. The highest BCUT2D eigenvalue weighted by Crippen LogP contribution is 2.26. The van der Waals surface area contributed by atoms with Crippen molar-refractivity contribution in [1.82, 2.24) is 4.98 Å². The smallest absolute Gasteiger partial charge is 0.261 e. The first-order chi connectivity index (χ1) is 12.3. The largest absolute Gasteiger partial charge is 0.298 e. The van der Waals surface area contributed by atoms with Crippen LogP contribution in [0.25, 0.3) is 0 Å². The van der Waals surface area contributed by atoms with Crippen molar-refractivity contribution >= 4 is 54.0 Å². The zero-order chi connectivity index (χ0) is 18.7. The fraction of sp³-hybridized carbons (Fsp3) is 0.0588. The molecule has 6 nitrogen and oxygen atoms in total. The average molecular weight is 452 g/mol. The van der Waals surface area contributed by atoms with Crippen LogP contribution in [0.2, 0.25) is 0 Å². The Morgan fingerprint density at radius 2 is 2.00 bits per heavy atom. The first-order valence-electron chi connectivity index (χ1n) is 7.45. The van der Waals surface area contributed by atoms with Crippen LogP contribution >= 0.6 is 27.3 Å². The molecule has 0 radical (unpaired) electrons. The van der Waals surface area contributed by atoms with Gasteiger partial charge in [-0.1, -0.05) is 12.1 Å². The van der Waals surface area contributed by atoms with Crippen molar-refractivity contribution in [3.8, 4) is 0 Å². The molecule has 0 aliphatic carbocycles. The summed E-state index contributed by atoms with van der Waals surface area (Å²) in [6.07, 6.45) is 1.57. The lowest BCUT2D eigenvalue weighted by Crippen LogP contribution is -2.16. The molecule has 3 rings (SSSR count). The van der Waals surface area contributed by atoms with Crippen molar-refractivity contribution in [2.45, 2.75) is 11.8 Å². The zero-order valence-electron chi connectivity index (χ0n) is 13.6. The zero-order valence-corrected chi connectivity index (χ0v) is 16.8. The number of anilines is 2. The van der Waals surface area contributed by atoms with Gasteiger partial charge >= 0.3 is 0 Å². The Kier molecular flexibility index (Phi) is 5.40. The summed E-state index contributed by atoms with van der Waals surface area (Å²) in [5.41, 5.74) is 1.58. The molecule has 0 bridgehead atoms. The summed E-state index contributed by atoms with van der Waals surface area (Å²) in [7, 11) is -3.84. The third-order valence-electron chi connectivity index (χ3n) is 3.43. The molecule has 1 heterocycles. The molecule has 0 saturated heterocycles. The van der Waals surface area contributed by atoms with Gasteiger partial charge < -0.3 is 0 Å². The number of carbonyl (C=O) groups is 1. The monoisotopic (exact) mass is 451 g/mol. The SMILES string of the molecule is Cc1ccc(Br)c(NS(=O)(=O)c2cccc(C(=O)Nc3nccs3)c2)c1. The number of amides is 1. The van der Waals surface area contributed by atoms with Crippen molar-refractivity contribution in [1.29, 1.82) is 0 Å². The second-order valence-electron chi connectivity index (χ2n) is 5.41. The third kappa shape index (κ3) is 4.29. The van der Waals surface area contributed by atoms with Gasteiger partial charge in [-0.25, -0.2) is 13.4 Å². The van der Waals surface area contributed by atoms with Crippen LogP contribution in [-0.4, -0.2) is 19.3 Å². The molecule has 134 valence electrons. The van der Waals surface area contributed by atoms with E-state index in [1.54, 1.807) is 29.8 Å². The molecule has 26 heavy (non-hydrogen) atoms. The number of halogens is 1. The Labute approximate surface area is 163 Å². The second kappa shape index (κ2) is 7.56. The average Bonchev–Trinajstić information content (AvgIpc) is 3.11. The molecule has 9 heteroatoms. The fourth-order valence-electron chi connectivity index (χ4n) is 2.18. The lowest BCUT2D eigenvalue weighted by Gasteiger charge is -2.11. The van der Waals surface area contributed by atoms with Crippen LogP contribution in [0, 0.1) is 6.92 Å². The summed E-state index contributed by atoms with van der Waals surface area (Å²) < 4.78 is 28.5. The molecule has 0 aliphatic heterocycles. The first-order valence-corrected chi connectivity index (χ1v) is 10.6. The van der Waals surface area contributed by atoms with E-state index in [1.165, 1.54) is 29.5 Å². The predicted octanol–water partition coefficient (Wildman–Crippen LogP) is 4.27. The topological polar surface area (TPSA) is 88.2 Å². The van der Waals surface area contributed by atoms with E-state index in [0.717, 1.165) is 5.56 Å². The highest BCUT2D eigenvalue weighted by atomic mass is 79.9. The van der Waals surface area contributed by atoms with Gasteiger partial charge in [0, 0.05) is 21.6 Å². The third-order valence-corrected chi connectivity index (χ3v) is 6.17. The maximum Gasteiger partial charge on any atom is 0.261 e. The number of nitrogens with zero attached hydrogens (tertiary/aromatic N) is 1. The molecular weight excluding hydrogens is 438 g/mol. The van der Waals surface area contributed by atoms with E-state index in [-0.39, 0.29) is 10.5 Å². The van der Waals surface area contributed by atoms with Crippen LogP contribution in [0.5, 0.6) is 0 Å². The number of hydrogen-bond acceptors (Lipinski definition) is 5. The van der Waals surface area contributed by atoms with E-state index in [4.69, 9.17) is 0 Å². The second-order valence-corrected chi connectivity index (χ2v) is 8.84. The Balaban J connectivity index is 1.86. The standard InChI is InChI=1S/C17H14BrN3O3S2/c1-11-5-6-14(18)15(9-11)21-26(23,24)13-4-2-3-12(10-13)16(22)20-17-19-7-8-25-17/h2-10,21H,1H3,(H,19,20,22). The highest BCUT2D eigenvalue weighted by molar-refractivity contribution is 9.10. The summed E-state index contributed by atoms with van der Waals surface area (Å²) >= 11 is 4.61. The van der Waals surface area contributed by atoms with Crippen molar-refractivity contribution in [2.24, 2.45) is 0 Å². The van der Waals surface area contributed by atoms with Gasteiger partial charge in [-0.2, -0.15) is 0 Å². The van der Waals surface area contributed by atoms with E-state index >= 15 is 0 Å². The van der Waals surface area contributed by atoms with Gasteiger partial charge in [0.15, 0.2) is 5.13 Å². The van der Waals surface area contributed by atoms with Crippen LogP contribution in [0.4, 0.5) is 10.8 Å². The minimum atomic E-state index is -3.84. The highest BCUT2D eigenvalue weighted by Gasteiger charge is 2.18. The predicted molar refractivity (Wildman–Crippen MR) is 106 cm³/mol. The van der Waals surface area contributed by atoms with Gasteiger partial charge in [0.1, 0.15) is 0 Å². The number of thiazole rings is 1. The molecule has 0 spiro atoms. The summed E-state index contributed by atoms with van der Waals surface area (Å²) in [4.78, 5) is 16.3. The minimum Gasteiger partial charge on any atom is -0.298 e. The first kappa shape index (κ1) is 18.6. The van der Waals surface area contributed by atoms with Gasteiger partial charge in [-0.15, -0.1) is 11.3 Å². The van der Waals surface area contributed by atoms with Crippen molar-refractivity contribution in [3.05, 3.63) is 69.6 Å². The number of aromatic nitrogens is 1. The Bertz CT molecular complexity index is 1050. The summed E-state index contributed by atoms with van der Waals surface area (Å²) in [5.74, 6) is -0.422. The van der Waals surface area contributed by atoms with Gasteiger partial charge in [0.05, 0.1) is 10.6 Å². The van der Waals surface area contributed by atoms with Crippen molar-refractivity contribution < 1.29 is 13.2 Å². The van der Waals surface area contributed by atoms with E-state index < -0.39 is 15.9 Å². The molecular formula is C17H14BrN3O3S2. The molecule has 3 aromatic rings. The molecule has 1 amide bonds. The minimum absolute atomic E-state index is 0.00213. The van der Waals surface area contributed by atoms with Crippen LogP contribution < -0.4 is 10.0 Å². The van der Waals surface area contributed by atoms with E-state index in [1.807, 2.05) is 13.0 Å². The number of nitrogens with one attached hydrogen (secondary N) is 2. The number of hydrogen-bond donors (Lipinski definition) is 2. The molecule has 0 saturated carbocycles. The maximum absolute atomic E-state index is 12.7. The number of aryl methyl sites for hydroxylation is 1. The molecule has 2 N–H and O–H groups in total. The molecule has 1 aromatic heterocycles. The number of benzene rings is 2. The van der Waals surface area contributed by atoms with Gasteiger partial charge in [-0.3, -0.25) is 14.8 Å². The molecule has 0 unspecified atom stereocenters. The lowest BCUT2D eigenvalue weighted by molar-refractivity contribution is 0.102. The summed E-state index contributed by atoms with van der Waals surface area (Å²) in [5, 5.41) is 4.81. The van der Waals surface area contributed by atoms with Crippen molar-refractivity contribution in [2.75, 3.05) is 10.0 Å². The summed E-state index contributed by atoms with van der Waals surface area (Å²) in [6, 6.07) is 11.2. The Morgan fingerprint density at radius 1 is 1.19 bits per heavy atom. The van der Waals surface area contributed by atoms with Gasteiger partial charge in [-0.05, 0) is 58.7 Å². The van der Waals surface area contributed by atoms with E-state index in [9.17, 15) is 13.2 Å². The van der Waals surface area contributed by atoms with Crippen LogP contribution in [0.15, 0.2) is 63.4 Å². The Hall–Kier alpha value is -2.23. The molecule has 0 fully saturated rings.